The first-order valence-corrected chi connectivity index (χ1v) is 3.51. The predicted octanol–water partition coefficient (Wildman–Crippen LogP) is 2.16. The molecule has 1 aromatic heterocycles. The van der Waals surface area contributed by atoms with Crippen LogP contribution < -0.4 is 0 Å². The van der Waals surface area contributed by atoms with Gasteiger partial charge in [0.15, 0.2) is 0 Å². The van der Waals surface area contributed by atoms with E-state index in [-0.39, 0.29) is 32.7 Å². The molecule has 0 fully saturated rings. The summed E-state index contributed by atoms with van der Waals surface area (Å²) in [5, 5.41) is 8.30. The van der Waals surface area contributed by atoms with Crippen molar-refractivity contribution in [2.45, 2.75) is 13.8 Å². The fourth-order valence-electron chi connectivity index (χ4n) is 0.491. The van der Waals surface area contributed by atoms with Crippen molar-refractivity contribution in [2.75, 3.05) is 0 Å². The Balaban J connectivity index is 0. The summed E-state index contributed by atoms with van der Waals surface area (Å²) in [6.07, 6.45) is 1.57. The fourth-order valence-corrected chi connectivity index (χ4v) is 0.491. The maximum Gasteiger partial charge on any atom is 0.117 e. The Hall–Kier alpha value is -0.386. The molecule has 0 saturated carbocycles. The molecule has 0 atom stereocenters. The molecule has 0 bridgehead atoms. The van der Waals surface area contributed by atoms with Gasteiger partial charge in [0.1, 0.15) is 11.8 Å². The molecule has 0 aromatic carbocycles. The molecule has 1 heterocycles. The van der Waals surface area contributed by atoms with Crippen LogP contribution in [0.15, 0.2) is 18.3 Å². The van der Waals surface area contributed by atoms with E-state index in [9.17, 15) is 0 Å². The number of rotatable bonds is 0. The molecule has 0 saturated heterocycles. The average Bonchev–Trinajstić information content (AvgIpc) is 2.10. The topological polar surface area (TPSA) is 36.7 Å². The summed E-state index contributed by atoms with van der Waals surface area (Å²) in [7, 11) is 0. The summed E-state index contributed by atoms with van der Waals surface area (Å²) < 4.78 is 0. The van der Waals surface area contributed by atoms with Gasteiger partial charge in [0.05, 0.1) is 0 Å². The van der Waals surface area contributed by atoms with Crippen molar-refractivity contribution in [1.82, 2.24) is 4.98 Å². The van der Waals surface area contributed by atoms with Crippen LogP contribution >= 0.6 is 0 Å². The Kier molecular flexibility index (Phi) is 10.3. The number of nitriles is 1. The molecule has 0 aliphatic carbocycles. The molecule has 0 amide bonds. The van der Waals surface area contributed by atoms with Crippen LogP contribution in [0.25, 0.3) is 0 Å². The zero-order chi connectivity index (χ0) is 8.69. The first-order valence-electron chi connectivity index (χ1n) is 3.51. The molecule has 0 spiro atoms. The molecular weight excluding hydrogens is 225 g/mol. The summed E-state index contributed by atoms with van der Waals surface area (Å²) in [6, 6.07) is 5.31. The number of aromatic nitrogens is 1. The van der Waals surface area contributed by atoms with Crippen LogP contribution in [0.4, 0.5) is 0 Å². The average molecular weight is 236 g/mol. The molecule has 0 unspecified atom stereocenters. The number of nitrogens with zero attached hydrogens (tertiary/aromatic N) is 2. The van der Waals surface area contributed by atoms with Gasteiger partial charge in [-0.25, -0.2) is 0 Å². The van der Waals surface area contributed by atoms with Crippen molar-refractivity contribution in [3.8, 4) is 6.07 Å². The van der Waals surface area contributed by atoms with Crippen molar-refractivity contribution in [3.05, 3.63) is 36.5 Å². The Morgan fingerprint density at radius 2 is 2.00 bits per heavy atom. The molecule has 3 heteroatoms. The van der Waals surface area contributed by atoms with E-state index < -0.39 is 0 Å². The molecule has 0 aliphatic heterocycles. The van der Waals surface area contributed by atoms with Gasteiger partial charge in [-0.15, -0.1) is 0 Å². The number of hydrogen-bond acceptors (Lipinski definition) is 2. The van der Waals surface area contributed by atoms with Gasteiger partial charge < -0.3 is 4.98 Å². The SMILES string of the molecule is CC.[CH2-]c1ccc(C#N)nc1.[Y]. The third-order valence-corrected chi connectivity index (χ3v) is 0.939. The largest absolute Gasteiger partial charge is 0.312 e. The molecule has 0 aliphatic rings. The van der Waals surface area contributed by atoms with E-state index in [1.807, 2.05) is 19.9 Å². The minimum atomic E-state index is 0. The van der Waals surface area contributed by atoms with E-state index in [1.54, 1.807) is 18.3 Å². The molecular formula is C9H11N2Y-. The van der Waals surface area contributed by atoms with Crippen LogP contribution in [0, 0.1) is 18.3 Å². The predicted molar refractivity (Wildman–Crippen MR) is 44.8 cm³/mol. The minimum absolute atomic E-state index is 0. The third-order valence-electron chi connectivity index (χ3n) is 0.939. The summed E-state index contributed by atoms with van der Waals surface area (Å²) >= 11 is 0. The van der Waals surface area contributed by atoms with Crippen LogP contribution in [0.1, 0.15) is 25.1 Å². The van der Waals surface area contributed by atoms with Gasteiger partial charge in [0.25, 0.3) is 0 Å². The van der Waals surface area contributed by atoms with Crippen LogP contribution in [-0.4, -0.2) is 4.98 Å². The van der Waals surface area contributed by atoms with Crippen molar-refractivity contribution < 1.29 is 32.7 Å². The van der Waals surface area contributed by atoms with E-state index in [0.717, 1.165) is 5.56 Å². The van der Waals surface area contributed by atoms with Crippen LogP contribution in [0.2, 0.25) is 0 Å². The normalized spacial score (nSPS) is 6.75. The van der Waals surface area contributed by atoms with E-state index in [0.29, 0.717) is 5.69 Å². The number of pyridine rings is 1. The van der Waals surface area contributed by atoms with Crippen molar-refractivity contribution in [3.63, 3.8) is 0 Å². The second kappa shape index (κ2) is 8.71. The zero-order valence-corrected chi connectivity index (χ0v) is 10.2. The molecule has 2 nitrogen and oxygen atoms in total. The van der Waals surface area contributed by atoms with Crippen LogP contribution in [0.5, 0.6) is 0 Å². The summed E-state index contributed by atoms with van der Waals surface area (Å²) in [6.45, 7) is 7.62. The van der Waals surface area contributed by atoms with Crippen LogP contribution in [0.3, 0.4) is 0 Å². The first kappa shape index (κ1) is 14.2. The van der Waals surface area contributed by atoms with Gasteiger partial charge in [0.2, 0.25) is 0 Å². The summed E-state index contributed by atoms with van der Waals surface area (Å²) in [5.74, 6) is 0. The first-order chi connectivity index (χ1) is 5.33. The summed E-state index contributed by atoms with van der Waals surface area (Å²) in [4.78, 5) is 3.77. The monoisotopic (exact) mass is 236 g/mol. The fraction of sp³-hybridized carbons (Fsp3) is 0.222. The van der Waals surface area contributed by atoms with Gasteiger partial charge >= 0.3 is 0 Å². The molecule has 0 N–H and O–H groups in total. The standard InChI is InChI=1S/C7H5N2.C2H6.Y/c1-6-2-3-7(4-8)9-5-6;1-2;/h2-3,5H,1H2;1-2H3;/q-1;;. The van der Waals surface area contributed by atoms with Gasteiger partial charge in [-0.1, -0.05) is 26.1 Å². The molecule has 61 valence electrons. The van der Waals surface area contributed by atoms with Gasteiger partial charge in [0, 0.05) is 32.7 Å². The maximum absolute atomic E-state index is 8.30. The Labute approximate surface area is 98.9 Å². The third kappa shape index (κ3) is 5.29. The van der Waals surface area contributed by atoms with Crippen molar-refractivity contribution in [2.24, 2.45) is 0 Å². The molecule has 12 heavy (non-hydrogen) atoms. The second-order valence-corrected chi connectivity index (χ2v) is 1.66. The zero-order valence-electron chi connectivity index (χ0n) is 7.41. The number of hydrogen-bond donors (Lipinski definition) is 0. The Morgan fingerprint density at radius 3 is 2.33 bits per heavy atom. The molecule has 1 radical (unpaired) electrons. The minimum Gasteiger partial charge on any atom is -0.312 e. The van der Waals surface area contributed by atoms with E-state index >= 15 is 0 Å². The quantitative estimate of drug-likeness (QED) is 0.647. The van der Waals surface area contributed by atoms with Gasteiger partial charge in [-0.05, 0) is 0 Å². The van der Waals surface area contributed by atoms with Crippen LogP contribution in [-0.2, 0) is 32.7 Å². The smallest absolute Gasteiger partial charge is 0.117 e. The van der Waals surface area contributed by atoms with Gasteiger partial charge in [-0.3, -0.25) is 0 Å². The summed E-state index contributed by atoms with van der Waals surface area (Å²) in [5.41, 5.74) is 1.26. The van der Waals surface area contributed by atoms with Gasteiger partial charge in [-0.2, -0.15) is 23.8 Å². The maximum atomic E-state index is 8.30. The molecule has 1 rings (SSSR count). The van der Waals surface area contributed by atoms with Crippen molar-refractivity contribution >= 4 is 0 Å². The van der Waals surface area contributed by atoms with E-state index in [4.69, 9.17) is 5.26 Å². The molecule has 1 aromatic rings. The Bertz CT molecular complexity index is 236. The van der Waals surface area contributed by atoms with E-state index in [2.05, 4.69) is 11.9 Å². The van der Waals surface area contributed by atoms with E-state index in [1.165, 1.54) is 0 Å². The second-order valence-electron chi connectivity index (χ2n) is 1.66. The Morgan fingerprint density at radius 1 is 1.42 bits per heavy atom. The van der Waals surface area contributed by atoms with Crippen molar-refractivity contribution in [1.29, 1.82) is 5.26 Å².